The zero-order chi connectivity index (χ0) is 37.7. The van der Waals surface area contributed by atoms with E-state index in [1.807, 2.05) is 36.0 Å². The Bertz CT molecular complexity index is 1990. The van der Waals surface area contributed by atoms with Crippen molar-refractivity contribution in [3.63, 3.8) is 0 Å². The van der Waals surface area contributed by atoms with Gasteiger partial charge in [-0.2, -0.15) is 0 Å². The van der Waals surface area contributed by atoms with Gasteiger partial charge in [-0.15, -0.1) is 11.8 Å². The van der Waals surface area contributed by atoms with Crippen molar-refractivity contribution in [3.8, 4) is 0 Å². The quantitative estimate of drug-likeness (QED) is 0.0925. The lowest BCUT2D eigenvalue weighted by atomic mass is 9.94. The summed E-state index contributed by atoms with van der Waals surface area (Å²) in [5.74, 6) is 0. The van der Waals surface area contributed by atoms with E-state index in [-0.39, 0.29) is 28.8 Å². The third-order valence-corrected chi connectivity index (χ3v) is 11.6. The van der Waals surface area contributed by atoms with Gasteiger partial charge < -0.3 is 23.8 Å². The Morgan fingerprint density at radius 1 is 0.455 bits per heavy atom. The molecule has 0 aliphatic carbocycles. The molecule has 5 atom stereocenters. The maximum absolute atomic E-state index is 7.06. The summed E-state index contributed by atoms with van der Waals surface area (Å²) in [6.45, 7) is 2.40. The van der Waals surface area contributed by atoms with Crippen LogP contribution in [0.15, 0.2) is 170 Å². The monoisotopic (exact) mass is 749 g/mol. The van der Waals surface area contributed by atoms with E-state index in [2.05, 4.69) is 165 Å². The van der Waals surface area contributed by atoms with Gasteiger partial charge in [0.2, 0.25) is 0 Å². The summed E-state index contributed by atoms with van der Waals surface area (Å²) in [7, 11) is 4.15. The first-order valence-electron chi connectivity index (χ1n) is 19.2. The number of hydrogen-bond acceptors (Lipinski definition) is 6. The van der Waals surface area contributed by atoms with Gasteiger partial charge in [-0.05, 0) is 57.5 Å². The smallest absolute Gasteiger partial charge is 0.113 e. The second kappa shape index (κ2) is 19.8. The molecule has 5 nitrogen and oxygen atoms in total. The van der Waals surface area contributed by atoms with E-state index in [1.54, 1.807) is 0 Å². The first-order chi connectivity index (χ1) is 27.1. The minimum atomic E-state index is -0.383. The molecule has 0 saturated carbocycles. The van der Waals surface area contributed by atoms with Crippen LogP contribution in [-0.2, 0) is 51.8 Å². The first kappa shape index (κ1) is 38.6. The first-order valence-corrected chi connectivity index (χ1v) is 20.1. The zero-order valence-corrected chi connectivity index (χ0v) is 32.6. The van der Waals surface area contributed by atoms with Crippen molar-refractivity contribution in [2.45, 2.75) is 61.7 Å². The molecule has 0 bridgehead atoms. The highest BCUT2D eigenvalue weighted by Gasteiger charge is 2.48. The second-order valence-corrected chi connectivity index (χ2v) is 15.7. The zero-order valence-electron chi connectivity index (χ0n) is 31.8. The van der Waals surface area contributed by atoms with Crippen LogP contribution in [0.2, 0.25) is 0 Å². The van der Waals surface area contributed by atoms with Crippen LogP contribution in [-0.4, -0.2) is 44.3 Å². The van der Waals surface area contributed by atoms with Crippen molar-refractivity contribution in [2.75, 3.05) is 25.6 Å². The molecule has 1 aliphatic rings. The van der Waals surface area contributed by atoms with E-state index < -0.39 is 0 Å². The Balaban J connectivity index is 1.23. The average molecular weight is 750 g/mol. The van der Waals surface area contributed by atoms with Crippen LogP contribution >= 0.6 is 11.8 Å². The summed E-state index contributed by atoms with van der Waals surface area (Å²) in [5, 5.41) is -0.0699. The number of ether oxygens (including phenoxy) is 4. The topological polar surface area (TPSA) is 40.2 Å². The van der Waals surface area contributed by atoms with Gasteiger partial charge in [0.1, 0.15) is 18.3 Å². The van der Waals surface area contributed by atoms with Crippen LogP contribution in [0.4, 0.5) is 5.69 Å². The third-order valence-electron chi connectivity index (χ3n) is 10.0. The Morgan fingerprint density at radius 2 is 0.927 bits per heavy atom. The highest BCUT2D eigenvalue weighted by molar-refractivity contribution is 8.00. The van der Waals surface area contributed by atoms with E-state index in [0.29, 0.717) is 33.0 Å². The molecule has 1 heterocycles. The number of anilines is 1. The molecular weight excluding hydrogens is 699 g/mol. The minimum Gasteiger partial charge on any atom is -0.378 e. The van der Waals surface area contributed by atoms with Crippen LogP contribution in [0.5, 0.6) is 0 Å². The molecule has 282 valence electrons. The van der Waals surface area contributed by atoms with Crippen molar-refractivity contribution in [1.82, 2.24) is 0 Å². The maximum atomic E-state index is 7.06. The maximum Gasteiger partial charge on any atom is 0.113 e. The molecule has 1 saturated heterocycles. The Kier molecular flexibility index (Phi) is 13.9. The summed E-state index contributed by atoms with van der Waals surface area (Å²) in [6, 6.07) is 59.4. The Hall–Kier alpha value is -4.69. The standard InChI is InChI=1S/C49H51NO4S/c1-50(2)44-28-26-37(27-29-44)30-42-24-15-25-43(31-42)49-48(54-35-41-22-13-6-14-23-41)47(53-34-40-20-11-5-12-21-40)46(52-33-39-18-9-4-10-19-39)45(55-49)36-51-32-38-16-7-3-8-17-38/h3-29,31,45-49H,30,32-36H2,1-2H3/t45-,46-,47+,48-,49+/m1/s1. The molecule has 1 fully saturated rings. The molecule has 55 heavy (non-hydrogen) atoms. The highest BCUT2D eigenvalue weighted by atomic mass is 32.2. The van der Waals surface area contributed by atoms with Crippen LogP contribution in [0.3, 0.4) is 0 Å². The van der Waals surface area contributed by atoms with Gasteiger partial charge in [0.05, 0.1) is 43.5 Å². The largest absolute Gasteiger partial charge is 0.378 e. The number of hydrogen-bond donors (Lipinski definition) is 0. The van der Waals surface area contributed by atoms with E-state index in [0.717, 1.165) is 28.7 Å². The molecule has 6 aromatic rings. The Labute approximate surface area is 331 Å². The molecule has 0 aromatic heterocycles. The van der Waals surface area contributed by atoms with Gasteiger partial charge in [-0.25, -0.2) is 0 Å². The summed E-state index contributed by atoms with van der Waals surface area (Å²) in [6.07, 6.45) is -0.157. The number of nitrogens with zero attached hydrogens (tertiary/aromatic N) is 1. The molecule has 0 amide bonds. The lowest BCUT2D eigenvalue weighted by molar-refractivity contribution is -0.160. The van der Waals surface area contributed by atoms with E-state index in [1.165, 1.54) is 22.4 Å². The molecule has 7 rings (SSSR count). The van der Waals surface area contributed by atoms with E-state index >= 15 is 0 Å². The van der Waals surface area contributed by atoms with Gasteiger partial charge in [0.25, 0.3) is 0 Å². The predicted octanol–water partition coefficient (Wildman–Crippen LogP) is 10.5. The molecule has 1 aliphatic heterocycles. The summed E-state index contributed by atoms with van der Waals surface area (Å²) in [5.41, 5.74) is 9.45. The molecule has 0 N–H and O–H groups in total. The van der Waals surface area contributed by atoms with Crippen molar-refractivity contribution in [2.24, 2.45) is 0 Å². The van der Waals surface area contributed by atoms with E-state index in [4.69, 9.17) is 18.9 Å². The van der Waals surface area contributed by atoms with Gasteiger partial charge in [0.15, 0.2) is 0 Å². The second-order valence-electron chi connectivity index (χ2n) is 14.4. The third kappa shape index (κ3) is 11.0. The molecule has 6 aromatic carbocycles. The van der Waals surface area contributed by atoms with E-state index in [9.17, 15) is 0 Å². The fourth-order valence-electron chi connectivity index (χ4n) is 7.09. The van der Waals surface area contributed by atoms with Gasteiger partial charge >= 0.3 is 0 Å². The normalized spacial score (nSPS) is 19.6. The van der Waals surface area contributed by atoms with Crippen LogP contribution in [0.1, 0.15) is 44.2 Å². The van der Waals surface area contributed by atoms with Crippen LogP contribution in [0, 0.1) is 0 Å². The number of benzene rings is 6. The molecule has 0 unspecified atom stereocenters. The fraction of sp³-hybridized carbons (Fsp3) is 0.265. The summed E-state index contributed by atoms with van der Waals surface area (Å²) >= 11 is 1.89. The van der Waals surface area contributed by atoms with Gasteiger partial charge in [-0.1, -0.05) is 158 Å². The number of thioether (sulfide) groups is 1. The SMILES string of the molecule is CN(C)c1ccc(Cc2cccc([C@@H]3S[C@H](COCc4ccccc4)[C@@H](OCc4ccccc4)[C@H](OCc4ccccc4)[C@H]3OCc3ccccc3)c2)cc1. The van der Waals surface area contributed by atoms with Crippen molar-refractivity contribution < 1.29 is 18.9 Å². The minimum absolute atomic E-state index is 0.0305. The predicted molar refractivity (Wildman–Crippen MR) is 225 cm³/mol. The lowest BCUT2D eigenvalue weighted by Crippen LogP contribution is -2.54. The van der Waals surface area contributed by atoms with Crippen LogP contribution in [0.25, 0.3) is 0 Å². The van der Waals surface area contributed by atoms with Crippen molar-refractivity contribution in [1.29, 1.82) is 0 Å². The molecule has 6 heteroatoms. The molecule has 0 radical (unpaired) electrons. The van der Waals surface area contributed by atoms with Gasteiger partial charge in [0, 0.05) is 19.8 Å². The lowest BCUT2D eigenvalue weighted by Gasteiger charge is -2.46. The highest BCUT2D eigenvalue weighted by Crippen LogP contribution is 2.47. The summed E-state index contributed by atoms with van der Waals surface area (Å²) < 4.78 is 27.6. The van der Waals surface area contributed by atoms with Crippen molar-refractivity contribution >= 4 is 17.4 Å². The fourth-order valence-corrected chi connectivity index (χ4v) is 8.72. The average Bonchev–Trinajstić information content (AvgIpc) is 3.23. The summed E-state index contributed by atoms with van der Waals surface area (Å²) in [4.78, 5) is 2.13. The van der Waals surface area contributed by atoms with Crippen molar-refractivity contribution in [3.05, 3.63) is 209 Å². The number of rotatable bonds is 17. The van der Waals surface area contributed by atoms with Crippen LogP contribution < -0.4 is 4.90 Å². The molecule has 0 spiro atoms. The Morgan fingerprint density at radius 3 is 1.45 bits per heavy atom. The van der Waals surface area contributed by atoms with Gasteiger partial charge in [-0.3, -0.25) is 0 Å². The molecular formula is C49H51NO4S.